The molecule has 0 aliphatic rings. The molecular formula is C11H17ClN2. The fraction of sp³-hybridized carbons (Fsp3) is 0.545. The number of allylic oxidation sites excluding steroid dienone is 1. The normalized spacial score (nSPS) is 12.5. The average Bonchev–Trinajstić information content (AvgIpc) is 2.62. The maximum atomic E-state index is 5.82. The molecule has 1 rings (SSSR count). The number of nitrogens with zero attached hydrogens (tertiary/aromatic N) is 2. The molecule has 78 valence electrons. The van der Waals surface area contributed by atoms with E-state index in [4.69, 9.17) is 11.6 Å². The second-order valence-corrected chi connectivity index (χ2v) is 3.88. The van der Waals surface area contributed by atoms with Crippen LogP contribution >= 0.6 is 11.6 Å². The van der Waals surface area contributed by atoms with Crippen molar-refractivity contribution < 1.29 is 0 Å². The molecule has 0 aliphatic carbocycles. The molecule has 0 saturated carbocycles. The predicted molar refractivity (Wildman–Crippen MR) is 61.6 cm³/mol. The molecule has 0 bridgehead atoms. The number of alkyl halides is 1. The predicted octanol–water partition coefficient (Wildman–Crippen LogP) is 3.50. The van der Waals surface area contributed by atoms with Gasteiger partial charge in [-0.2, -0.15) is 0 Å². The smallest absolute Gasteiger partial charge is 0.0953 e. The monoisotopic (exact) mass is 212 g/mol. The van der Waals surface area contributed by atoms with E-state index in [0.717, 1.165) is 12.1 Å². The molecule has 1 aromatic rings. The Bertz CT molecular complexity index is 307. The van der Waals surface area contributed by atoms with E-state index in [0.29, 0.717) is 11.9 Å². The summed E-state index contributed by atoms with van der Waals surface area (Å²) in [6.07, 6.45) is 6.85. The van der Waals surface area contributed by atoms with Gasteiger partial charge in [-0.3, -0.25) is 0 Å². The Kier molecular flexibility index (Phi) is 4.21. The van der Waals surface area contributed by atoms with Crippen molar-refractivity contribution in [2.75, 3.05) is 5.88 Å². The van der Waals surface area contributed by atoms with Crippen LogP contribution in [0.3, 0.4) is 0 Å². The first-order chi connectivity index (χ1) is 6.69. The molecule has 3 heteroatoms. The second kappa shape index (κ2) is 5.20. The highest BCUT2D eigenvalue weighted by Gasteiger charge is 2.03. The summed E-state index contributed by atoms with van der Waals surface area (Å²) in [5, 5.41) is 0. The summed E-state index contributed by atoms with van der Waals surface area (Å²) in [5.41, 5.74) is 2.38. The lowest BCUT2D eigenvalue weighted by Gasteiger charge is -2.09. The Balaban J connectivity index is 2.95. The summed E-state index contributed by atoms with van der Waals surface area (Å²) in [4.78, 5) is 4.14. The topological polar surface area (TPSA) is 17.8 Å². The van der Waals surface area contributed by atoms with Gasteiger partial charge in [0.05, 0.1) is 18.2 Å². The van der Waals surface area contributed by atoms with E-state index in [1.165, 1.54) is 5.57 Å². The third kappa shape index (κ3) is 2.61. The molecule has 14 heavy (non-hydrogen) atoms. The molecule has 0 aromatic carbocycles. The molecule has 0 fully saturated rings. The Hall–Kier alpha value is -0.760. The molecule has 0 aliphatic heterocycles. The summed E-state index contributed by atoms with van der Waals surface area (Å²) < 4.78 is 2.14. The van der Waals surface area contributed by atoms with Crippen LogP contribution in [0.5, 0.6) is 0 Å². The van der Waals surface area contributed by atoms with E-state index >= 15 is 0 Å². The van der Waals surface area contributed by atoms with Gasteiger partial charge in [0.1, 0.15) is 0 Å². The highest BCUT2D eigenvalue weighted by atomic mass is 35.5. The van der Waals surface area contributed by atoms with Gasteiger partial charge in [0, 0.05) is 11.9 Å². The number of rotatable bonds is 4. The van der Waals surface area contributed by atoms with Crippen LogP contribution in [0.15, 0.2) is 18.1 Å². The first-order valence-corrected chi connectivity index (χ1v) is 5.49. The number of hydrogen-bond donors (Lipinski definition) is 0. The van der Waals surface area contributed by atoms with Crippen molar-refractivity contribution in [2.45, 2.75) is 33.2 Å². The molecule has 0 spiro atoms. The Morgan fingerprint density at radius 2 is 2.36 bits per heavy atom. The van der Waals surface area contributed by atoms with Crippen LogP contribution in [-0.4, -0.2) is 15.4 Å². The van der Waals surface area contributed by atoms with E-state index in [1.807, 2.05) is 12.5 Å². The molecule has 2 nitrogen and oxygen atoms in total. The highest BCUT2D eigenvalue weighted by molar-refractivity contribution is 6.19. The molecular weight excluding hydrogens is 196 g/mol. The van der Waals surface area contributed by atoms with Gasteiger partial charge >= 0.3 is 0 Å². The van der Waals surface area contributed by atoms with Crippen LogP contribution in [0, 0.1) is 0 Å². The summed E-state index contributed by atoms with van der Waals surface area (Å²) >= 11 is 5.82. The van der Waals surface area contributed by atoms with Crippen molar-refractivity contribution in [3.63, 3.8) is 0 Å². The van der Waals surface area contributed by atoms with Gasteiger partial charge in [0.15, 0.2) is 0 Å². The average molecular weight is 213 g/mol. The lowest BCUT2D eigenvalue weighted by Crippen LogP contribution is -2.01. The van der Waals surface area contributed by atoms with Crippen molar-refractivity contribution in [1.82, 2.24) is 9.55 Å². The first kappa shape index (κ1) is 11.3. The maximum absolute atomic E-state index is 5.82. The molecule has 1 aromatic heterocycles. The zero-order valence-electron chi connectivity index (χ0n) is 9.00. The maximum Gasteiger partial charge on any atom is 0.0953 e. The number of halogens is 1. The van der Waals surface area contributed by atoms with Crippen LogP contribution in [0.2, 0.25) is 0 Å². The second-order valence-electron chi connectivity index (χ2n) is 3.61. The first-order valence-electron chi connectivity index (χ1n) is 4.96. The van der Waals surface area contributed by atoms with Crippen molar-refractivity contribution in [1.29, 1.82) is 0 Å². The standard InChI is InChI=1S/C11H17ClN2/c1-4-10(6-12)5-11-7-13-8-14(11)9(2)3/h5,7-9H,4,6H2,1-3H3. The molecule has 0 unspecified atom stereocenters. The van der Waals surface area contributed by atoms with Crippen molar-refractivity contribution in [3.8, 4) is 0 Å². The van der Waals surface area contributed by atoms with E-state index in [1.54, 1.807) is 0 Å². The van der Waals surface area contributed by atoms with Crippen LogP contribution in [0.25, 0.3) is 6.08 Å². The fourth-order valence-electron chi connectivity index (χ4n) is 1.30. The van der Waals surface area contributed by atoms with Crippen molar-refractivity contribution in [2.24, 2.45) is 0 Å². The van der Waals surface area contributed by atoms with Gasteiger partial charge in [-0.05, 0) is 26.3 Å². The highest BCUT2D eigenvalue weighted by Crippen LogP contribution is 2.14. The SMILES string of the molecule is CCC(=Cc1cncn1C(C)C)CCl. The largest absolute Gasteiger partial charge is 0.329 e. The van der Waals surface area contributed by atoms with E-state index < -0.39 is 0 Å². The van der Waals surface area contributed by atoms with Gasteiger partial charge < -0.3 is 4.57 Å². The van der Waals surface area contributed by atoms with Gasteiger partial charge in [-0.25, -0.2) is 4.98 Å². The molecule has 1 heterocycles. The number of hydrogen-bond acceptors (Lipinski definition) is 1. The summed E-state index contributed by atoms with van der Waals surface area (Å²) in [6.45, 7) is 6.40. The summed E-state index contributed by atoms with van der Waals surface area (Å²) in [6, 6.07) is 0.442. The fourth-order valence-corrected chi connectivity index (χ4v) is 1.57. The molecule has 0 atom stereocenters. The summed E-state index contributed by atoms with van der Waals surface area (Å²) in [7, 11) is 0. The number of aromatic nitrogens is 2. The zero-order chi connectivity index (χ0) is 10.6. The van der Waals surface area contributed by atoms with Crippen molar-refractivity contribution >= 4 is 17.7 Å². The van der Waals surface area contributed by atoms with Gasteiger partial charge in [-0.15, -0.1) is 11.6 Å². The lowest BCUT2D eigenvalue weighted by atomic mass is 10.2. The quantitative estimate of drug-likeness (QED) is 0.699. The molecule has 0 saturated heterocycles. The Labute approximate surface area is 90.6 Å². The van der Waals surface area contributed by atoms with Gasteiger partial charge in [-0.1, -0.05) is 12.5 Å². The Morgan fingerprint density at radius 1 is 1.64 bits per heavy atom. The summed E-state index contributed by atoms with van der Waals surface area (Å²) in [5.74, 6) is 0.597. The van der Waals surface area contributed by atoms with Crippen LogP contribution in [-0.2, 0) is 0 Å². The Morgan fingerprint density at radius 3 is 2.86 bits per heavy atom. The third-order valence-corrected chi connectivity index (χ3v) is 2.57. The van der Waals surface area contributed by atoms with E-state index in [2.05, 4.69) is 36.4 Å². The van der Waals surface area contributed by atoms with E-state index in [9.17, 15) is 0 Å². The van der Waals surface area contributed by atoms with Crippen LogP contribution < -0.4 is 0 Å². The minimum Gasteiger partial charge on any atom is -0.329 e. The minimum absolute atomic E-state index is 0.442. The zero-order valence-corrected chi connectivity index (χ0v) is 9.75. The van der Waals surface area contributed by atoms with Gasteiger partial charge in [0.2, 0.25) is 0 Å². The minimum atomic E-state index is 0.442. The number of imidazole rings is 1. The van der Waals surface area contributed by atoms with Crippen molar-refractivity contribution in [3.05, 3.63) is 23.8 Å². The van der Waals surface area contributed by atoms with Crippen LogP contribution in [0.4, 0.5) is 0 Å². The molecule has 0 radical (unpaired) electrons. The molecule has 0 amide bonds. The third-order valence-electron chi connectivity index (χ3n) is 2.23. The lowest BCUT2D eigenvalue weighted by molar-refractivity contribution is 0.595. The molecule has 0 N–H and O–H groups in total. The van der Waals surface area contributed by atoms with Gasteiger partial charge in [0.25, 0.3) is 0 Å². The van der Waals surface area contributed by atoms with E-state index in [-0.39, 0.29) is 0 Å². The van der Waals surface area contributed by atoms with Crippen LogP contribution in [0.1, 0.15) is 38.9 Å².